The highest BCUT2D eigenvalue weighted by Gasteiger charge is 2.16. The highest BCUT2D eigenvalue weighted by molar-refractivity contribution is 7.99. The normalized spacial score (nSPS) is 17.8. The summed E-state index contributed by atoms with van der Waals surface area (Å²) >= 11 is 1.70. The van der Waals surface area contributed by atoms with E-state index < -0.39 is 0 Å². The van der Waals surface area contributed by atoms with Gasteiger partial charge in [-0.2, -0.15) is 11.8 Å². The lowest BCUT2D eigenvalue weighted by Crippen LogP contribution is -2.42. The molecule has 0 amide bonds. The first-order chi connectivity index (χ1) is 6.65. The fourth-order valence-electron chi connectivity index (χ4n) is 1.37. The Morgan fingerprint density at radius 3 is 2.50 bits per heavy atom. The van der Waals surface area contributed by atoms with Crippen molar-refractivity contribution in [1.29, 1.82) is 0 Å². The monoisotopic (exact) mass is 221 g/mol. The van der Waals surface area contributed by atoms with Gasteiger partial charge in [-0.05, 0) is 26.5 Å². The first-order valence-electron chi connectivity index (χ1n) is 5.04. The molecule has 3 nitrogen and oxygen atoms in total. The fourth-order valence-corrected chi connectivity index (χ4v) is 2.01. The largest absolute Gasteiger partial charge is 0.395 e. The maximum absolute atomic E-state index is 9.10. The Balaban J connectivity index is 3.73. The third kappa shape index (κ3) is 5.86. The molecule has 0 bridgehead atoms. The SMILES string of the molecule is COCCC(C)NC(C)C(CO)SC. The van der Waals surface area contributed by atoms with Crippen molar-refractivity contribution in [3.63, 3.8) is 0 Å². The molecule has 14 heavy (non-hydrogen) atoms. The van der Waals surface area contributed by atoms with E-state index >= 15 is 0 Å². The van der Waals surface area contributed by atoms with Gasteiger partial charge in [-0.25, -0.2) is 0 Å². The van der Waals surface area contributed by atoms with E-state index in [2.05, 4.69) is 19.2 Å². The third-order valence-corrected chi connectivity index (χ3v) is 3.51. The maximum atomic E-state index is 9.10. The Bertz CT molecular complexity index is 131. The van der Waals surface area contributed by atoms with Gasteiger partial charge in [0.25, 0.3) is 0 Å². The van der Waals surface area contributed by atoms with Crippen LogP contribution in [0.15, 0.2) is 0 Å². The molecule has 0 heterocycles. The van der Waals surface area contributed by atoms with Gasteiger partial charge in [0, 0.05) is 31.1 Å². The van der Waals surface area contributed by atoms with Gasteiger partial charge in [0.15, 0.2) is 0 Å². The summed E-state index contributed by atoms with van der Waals surface area (Å²) < 4.78 is 5.01. The Labute approximate surface area is 91.6 Å². The van der Waals surface area contributed by atoms with E-state index in [-0.39, 0.29) is 11.9 Å². The molecule has 0 aliphatic heterocycles. The number of methoxy groups -OCH3 is 1. The quantitative estimate of drug-likeness (QED) is 0.644. The van der Waals surface area contributed by atoms with E-state index in [9.17, 15) is 0 Å². The summed E-state index contributed by atoms with van der Waals surface area (Å²) in [5.74, 6) is 0. The summed E-state index contributed by atoms with van der Waals surface area (Å²) in [7, 11) is 1.72. The van der Waals surface area contributed by atoms with Crippen LogP contribution in [0.2, 0.25) is 0 Å². The molecule has 86 valence electrons. The van der Waals surface area contributed by atoms with E-state index in [1.54, 1.807) is 18.9 Å². The molecule has 4 heteroatoms. The zero-order chi connectivity index (χ0) is 11.0. The minimum absolute atomic E-state index is 0.229. The van der Waals surface area contributed by atoms with Gasteiger partial charge in [0.05, 0.1) is 6.61 Å². The molecule has 0 aromatic rings. The molecular weight excluding hydrogens is 198 g/mol. The van der Waals surface area contributed by atoms with Crippen molar-refractivity contribution in [2.75, 3.05) is 26.6 Å². The molecule has 3 unspecified atom stereocenters. The highest BCUT2D eigenvalue weighted by atomic mass is 32.2. The molecule has 0 radical (unpaired) electrons. The number of thioether (sulfide) groups is 1. The average molecular weight is 221 g/mol. The molecule has 0 rings (SSSR count). The Morgan fingerprint density at radius 2 is 2.07 bits per heavy atom. The summed E-state index contributed by atoms with van der Waals surface area (Å²) in [5, 5.41) is 12.8. The number of aliphatic hydroxyl groups is 1. The van der Waals surface area contributed by atoms with Gasteiger partial charge < -0.3 is 15.2 Å². The topological polar surface area (TPSA) is 41.5 Å². The first kappa shape index (κ1) is 14.2. The molecule has 2 N–H and O–H groups in total. The maximum Gasteiger partial charge on any atom is 0.0564 e. The molecule has 0 aliphatic carbocycles. The van der Waals surface area contributed by atoms with E-state index in [1.165, 1.54) is 0 Å². The van der Waals surface area contributed by atoms with Crippen LogP contribution in [0.3, 0.4) is 0 Å². The van der Waals surface area contributed by atoms with Crippen molar-refractivity contribution in [3.05, 3.63) is 0 Å². The molecular formula is C10H23NO2S. The Kier molecular flexibility index (Phi) is 8.67. The van der Waals surface area contributed by atoms with Gasteiger partial charge in [-0.3, -0.25) is 0 Å². The minimum Gasteiger partial charge on any atom is -0.395 e. The lowest BCUT2D eigenvalue weighted by atomic mass is 10.2. The number of rotatable bonds is 8. The van der Waals surface area contributed by atoms with Crippen molar-refractivity contribution in [1.82, 2.24) is 5.32 Å². The standard InChI is InChI=1S/C10H23NO2S/c1-8(5-6-13-3)11-9(2)10(7-12)14-4/h8-12H,5-7H2,1-4H3. The number of ether oxygens (including phenoxy) is 1. The number of hydrogen-bond donors (Lipinski definition) is 2. The number of aliphatic hydroxyl groups excluding tert-OH is 1. The molecule has 0 aromatic heterocycles. The van der Waals surface area contributed by atoms with Gasteiger partial charge in [0.1, 0.15) is 0 Å². The number of hydrogen-bond acceptors (Lipinski definition) is 4. The number of nitrogens with one attached hydrogen (secondary N) is 1. The lowest BCUT2D eigenvalue weighted by molar-refractivity contribution is 0.181. The van der Waals surface area contributed by atoms with E-state index in [1.807, 2.05) is 6.26 Å². The minimum atomic E-state index is 0.229. The second-order valence-corrected chi connectivity index (χ2v) is 4.67. The van der Waals surface area contributed by atoms with Gasteiger partial charge >= 0.3 is 0 Å². The van der Waals surface area contributed by atoms with Gasteiger partial charge in [-0.1, -0.05) is 0 Å². The van der Waals surface area contributed by atoms with Crippen molar-refractivity contribution in [3.8, 4) is 0 Å². The van der Waals surface area contributed by atoms with Crippen molar-refractivity contribution < 1.29 is 9.84 Å². The van der Waals surface area contributed by atoms with Crippen LogP contribution in [-0.2, 0) is 4.74 Å². The van der Waals surface area contributed by atoms with E-state index in [0.29, 0.717) is 12.1 Å². The summed E-state index contributed by atoms with van der Waals surface area (Å²) in [6.07, 6.45) is 3.03. The van der Waals surface area contributed by atoms with Crippen LogP contribution < -0.4 is 5.32 Å². The van der Waals surface area contributed by atoms with Gasteiger partial charge in [0.2, 0.25) is 0 Å². The Morgan fingerprint density at radius 1 is 1.43 bits per heavy atom. The molecule has 0 saturated heterocycles. The van der Waals surface area contributed by atoms with E-state index in [0.717, 1.165) is 13.0 Å². The second kappa shape index (κ2) is 8.53. The van der Waals surface area contributed by atoms with Crippen LogP contribution in [0.4, 0.5) is 0 Å². The van der Waals surface area contributed by atoms with Crippen LogP contribution >= 0.6 is 11.8 Å². The second-order valence-electron chi connectivity index (χ2n) is 3.59. The van der Waals surface area contributed by atoms with E-state index in [4.69, 9.17) is 9.84 Å². The smallest absolute Gasteiger partial charge is 0.0564 e. The van der Waals surface area contributed by atoms with Crippen LogP contribution in [0.1, 0.15) is 20.3 Å². The van der Waals surface area contributed by atoms with Crippen LogP contribution in [0, 0.1) is 0 Å². The van der Waals surface area contributed by atoms with Gasteiger partial charge in [-0.15, -0.1) is 0 Å². The van der Waals surface area contributed by atoms with Crippen molar-refractivity contribution >= 4 is 11.8 Å². The molecule has 0 spiro atoms. The van der Waals surface area contributed by atoms with Crippen LogP contribution in [0.25, 0.3) is 0 Å². The predicted molar refractivity (Wildman–Crippen MR) is 62.9 cm³/mol. The molecule has 0 aromatic carbocycles. The summed E-state index contributed by atoms with van der Waals surface area (Å²) in [6, 6.07) is 0.771. The fraction of sp³-hybridized carbons (Fsp3) is 1.00. The summed E-state index contributed by atoms with van der Waals surface area (Å²) in [6.45, 7) is 5.27. The molecule has 3 atom stereocenters. The zero-order valence-corrected chi connectivity index (χ0v) is 10.4. The lowest BCUT2D eigenvalue weighted by Gasteiger charge is -2.25. The average Bonchev–Trinajstić information content (AvgIpc) is 2.16. The summed E-state index contributed by atoms with van der Waals surface area (Å²) in [4.78, 5) is 0. The predicted octanol–water partition coefficient (Wildman–Crippen LogP) is 1.11. The van der Waals surface area contributed by atoms with Crippen molar-refractivity contribution in [2.24, 2.45) is 0 Å². The Hall–Kier alpha value is 0.230. The highest BCUT2D eigenvalue weighted by Crippen LogP contribution is 2.11. The van der Waals surface area contributed by atoms with Crippen LogP contribution in [-0.4, -0.2) is 49.0 Å². The third-order valence-electron chi connectivity index (χ3n) is 2.34. The molecule has 0 saturated carbocycles. The van der Waals surface area contributed by atoms with Crippen molar-refractivity contribution in [2.45, 2.75) is 37.6 Å². The molecule has 0 fully saturated rings. The molecule has 0 aliphatic rings. The summed E-state index contributed by atoms with van der Waals surface area (Å²) in [5.41, 5.74) is 0. The zero-order valence-electron chi connectivity index (χ0n) is 9.62. The van der Waals surface area contributed by atoms with Crippen LogP contribution in [0.5, 0.6) is 0 Å². The first-order valence-corrected chi connectivity index (χ1v) is 6.33.